The van der Waals surface area contributed by atoms with Gasteiger partial charge in [0, 0.05) is 24.1 Å². The van der Waals surface area contributed by atoms with E-state index in [1.54, 1.807) is 13.2 Å². The maximum absolute atomic E-state index is 11.8. The summed E-state index contributed by atoms with van der Waals surface area (Å²) in [5.74, 6) is 2.32. The molecule has 0 saturated heterocycles. The molecule has 0 spiro atoms. The summed E-state index contributed by atoms with van der Waals surface area (Å²) >= 11 is 0. The molecule has 214 valence electrons. The van der Waals surface area contributed by atoms with E-state index in [0.29, 0.717) is 24.1 Å². The van der Waals surface area contributed by atoms with Crippen molar-refractivity contribution >= 4 is 11.8 Å². The monoisotopic (exact) mass is 537 g/mol. The standard InChI is InChI=1S/C32H47N3O4/c1-22(2)39-30(37)17-10-9-12-23-13-11-16-26(18-23)33-29-20-25-15-8-6-4-5-7-14-24-19-27(38-3)21-28(36)31(24)32(25)35-34-29/h19-23,26,36H,4-18H2,1-3H3,(H,33,34)/t23?,26-/m1/s1. The molecule has 2 aliphatic carbocycles. The molecule has 2 aromatic rings. The lowest BCUT2D eigenvalue weighted by atomic mass is 9.82. The molecular formula is C32H47N3O4. The number of aryl methyl sites for hydroxylation is 2. The molecule has 0 bridgehead atoms. The number of phenols is 1. The number of carbonyl (C=O) groups excluding carboxylic acids is 1. The second-order valence-corrected chi connectivity index (χ2v) is 11.7. The van der Waals surface area contributed by atoms with Crippen LogP contribution in [0.25, 0.3) is 11.3 Å². The van der Waals surface area contributed by atoms with E-state index in [1.165, 1.54) is 32.1 Å². The molecule has 1 aromatic heterocycles. The second kappa shape index (κ2) is 14.5. The van der Waals surface area contributed by atoms with Gasteiger partial charge in [-0.15, -0.1) is 10.2 Å². The van der Waals surface area contributed by atoms with Crippen molar-refractivity contribution < 1.29 is 19.4 Å². The first-order valence-electron chi connectivity index (χ1n) is 15.2. The van der Waals surface area contributed by atoms with E-state index in [9.17, 15) is 9.90 Å². The molecule has 4 rings (SSSR count). The SMILES string of the molecule is COc1cc(O)c2c(c1)CCCCCCCc1cc(N[C@@H]3CCCC(CCCCC(=O)OC(C)C)C3)nnc1-2. The first kappa shape index (κ1) is 29.2. The number of ether oxygens (including phenoxy) is 2. The molecule has 7 heteroatoms. The molecule has 1 fully saturated rings. The molecular weight excluding hydrogens is 490 g/mol. The van der Waals surface area contributed by atoms with Gasteiger partial charge in [-0.3, -0.25) is 4.79 Å². The summed E-state index contributed by atoms with van der Waals surface area (Å²) in [6.07, 6.45) is 16.0. The Kier molecular flexibility index (Phi) is 10.9. The first-order valence-corrected chi connectivity index (χ1v) is 15.2. The summed E-state index contributed by atoms with van der Waals surface area (Å²) < 4.78 is 10.7. The van der Waals surface area contributed by atoms with Crippen LogP contribution in [0.4, 0.5) is 5.82 Å². The van der Waals surface area contributed by atoms with Crippen molar-refractivity contribution in [1.29, 1.82) is 0 Å². The molecule has 0 aliphatic heterocycles. The number of nitrogens with zero attached hydrogens (tertiary/aromatic N) is 2. The number of nitrogens with one attached hydrogen (secondary N) is 1. The Bertz CT molecular complexity index is 1090. The summed E-state index contributed by atoms with van der Waals surface area (Å²) in [6.45, 7) is 3.79. The topological polar surface area (TPSA) is 93.6 Å². The van der Waals surface area contributed by atoms with Crippen LogP contribution in [0.3, 0.4) is 0 Å². The van der Waals surface area contributed by atoms with Gasteiger partial charge in [-0.05, 0) is 88.0 Å². The van der Waals surface area contributed by atoms with E-state index in [4.69, 9.17) is 14.6 Å². The van der Waals surface area contributed by atoms with Crippen molar-refractivity contribution in [3.63, 3.8) is 0 Å². The Morgan fingerprint density at radius 3 is 2.54 bits per heavy atom. The highest BCUT2D eigenvalue weighted by atomic mass is 16.5. The Labute approximate surface area is 234 Å². The molecule has 7 nitrogen and oxygen atoms in total. The molecule has 0 radical (unpaired) electrons. The molecule has 1 saturated carbocycles. The third kappa shape index (κ3) is 8.58. The van der Waals surface area contributed by atoms with Crippen LogP contribution in [0, 0.1) is 5.92 Å². The summed E-state index contributed by atoms with van der Waals surface area (Å²) in [7, 11) is 1.64. The second-order valence-electron chi connectivity index (χ2n) is 11.7. The number of aromatic nitrogens is 2. The van der Waals surface area contributed by atoms with Crippen molar-refractivity contribution in [3.8, 4) is 22.8 Å². The van der Waals surface area contributed by atoms with Gasteiger partial charge in [-0.2, -0.15) is 0 Å². The fourth-order valence-corrected chi connectivity index (χ4v) is 6.23. The van der Waals surface area contributed by atoms with Crippen LogP contribution in [0.1, 0.15) is 108 Å². The number of aromatic hydroxyl groups is 1. The average molecular weight is 538 g/mol. The fraction of sp³-hybridized carbons (Fsp3) is 0.656. The van der Waals surface area contributed by atoms with Crippen LogP contribution in [0.15, 0.2) is 18.2 Å². The van der Waals surface area contributed by atoms with Gasteiger partial charge in [0.2, 0.25) is 0 Å². The Balaban J connectivity index is 1.42. The minimum atomic E-state index is -0.0808. The van der Waals surface area contributed by atoms with Gasteiger partial charge in [-0.25, -0.2) is 0 Å². The van der Waals surface area contributed by atoms with Crippen molar-refractivity contribution in [3.05, 3.63) is 29.3 Å². The van der Waals surface area contributed by atoms with Gasteiger partial charge in [0.15, 0.2) is 0 Å². The zero-order valence-corrected chi connectivity index (χ0v) is 24.1. The van der Waals surface area contributed by atoms with Gasteiger partial charge < -0.3 is 19.9 Å². The van der Waals surface area contributed by atoms with Crippen molar-refractivity contribution in [1.82, 2.24) is 10.2 Å². The summed E-state index contributed by atoms with van der Waals surface area (Å²) in [4.78, 5) is 11.8. The van der Waals surface area contributed by atoms with E-state index in [0.717, 1.165) is 86.0 Å². The van der Waals surface area contributed by atoms with Gasteiger partial charge in [0.1, 0.15) is 23.0 Å². The van der Waals surface area contributed by atoms with Gasteiger partial charge in [0.05, 0.1) is 13.2 Å². The number of esters is 1. The zero-order chi connectivity index (χ0) is 27.6. The van der Waals surface area contributed by atoms with E-state index >= 15 is 0 Å². The molecule has 39 heavy (non-hydrogen) atoms. The minimum Gasteiger partial charge on any atom is -0.507 e. The average Bonchev–Trinajstić information content (AvgIpc) is 2.94. The minimum absolute atomic E-state index is 0.0365. The molecule has 0 amide bonds. The Morgan fingerprint density at radius 2 is 1.77 bits per heavy atom. The van der Waals surface area contributed by atoms with Crippen LogP contribution < -0.4 is 10.1 Å². The first-order chi connectivity index (χ1) is 18.9. The number of hydrogen-bond acceptors (Lipinski definition) is 7. The number of rotatable bonds is 9. The number of carbonyl (C=O) groups is 1. The highest BCUT2D eigenvalue weighted by Crippen LogP contribution is 2.39. The number of fused-ring (bicyclic) bond motifs is 3. The predicted molar refractivity (Wildman–Crippen MR) is 155 cm³/mol. The number of anilines is 1. The third-order valence-corrected chi connectivity index (χ3v) is 8.16. The highest BCUT2D eigenvalue weighted by molar-refractivity contribution is 5.75. The molecule has 2 N–H and O–H groups in total. The fourth-order valence-electron chi connectivity index (χ4n) is 6.23. The maximum atomic E-state index is 11.8. The maximum Gasteiger partial charge on any atom is 0.306 e. The van der Waals surface area contributed by atoms with Crippen LogP contribution in [-0.2, 0) is 22.4 Å². The van der Waals surface area contributed by atoms with Crippen molar-refractivity contribution in [2.24, 2.45) is 5.92 Å². The van der Waals surface area contributed by atoms with Crippen LogP contribution in [0.2, 0.25) is 0 Å². The number of hydrogen-bond donors (Lipinski definition) is 2. The summed E-state index contributed by atoms with van der Waals surface area (Å²) in [5.41, 5.74) is 3.84. The number of benzene rings is 1. The van der Waals surface area contributed by atoms with E-state index in [-0.39, 0.29) is 17.8 Å². The lowest BCUT2D eigenvalue weighted by Gasteiger charge is -2.30. The Hall–Kier alpha value is -2.83. The van der Waals surface area contributed by atoms with Gasteiger partial charge in [0.25, 0.3) is 0 Å². The van der Waals surface area contributed by atoms with Crippen molar-refractivity contribution in [2.45, 2.75) is 122 Å². The quantitative estimate of drug-likeness (QED) is 0.254. The van der Waals surface area contributed by atoms with Gasteiger partial charge >= 0.3 is 5.97 Å². The molecule has 1 heterocycles. The molecule has 1 unspecified atom stereocenters. The largest absolute Gasteiger partial charge is 0.507 e. The molecule has 2 aliphatic rings. The van der Waals surface area contributed by atoms with E-state index in [1.807, 2.05) is 19.9 Å². The van der Waals surface area contributed by atoms with Crippen LogP contribution in [0.5, 0.6) is 11.5 Å². The third-order valence-electron chi connectivity index (χ3n) is 8.16. The Morgan fingerprint density at radius 1 is 1.00 bits per heavy atom. The lowest BCUT2D eigenvalue weighted by molar-refractivity contribution is -0.147. The number of phenolic OH excluding ortho intramolecular Hbond substituents is 1. The lowest BCUT2D eigenvalue weighted by Crippen LogP contribution is -2.28. The van der Waals surface area contributed by atoms with Gasteiger partial charge in [-0.1, -0.05) is 44.9 Å². The number of methoxy groups -OCH3 is 1. The zero-order valence-electron chi connectivity index (χ0n) is 24.1. The van der Waals surface area contributed by atoms with E-state index in [2.05, 4.69) is 16.5 Å². The van der Waals surface area contributed by atoms with Crippen molar-refractivity contribution in [2.75, 3.05) is 12.4 Å². The molecule has 2 atom stereocenters. The van der Waals surface area contributed by atoms with Crippen LogP contribution >= 0.6 is 0 Å². The summed E-state index contributed by atoms with van der Waals surface area (Å²) in [5, 5.41) is 24.0. The van der Waals surface area contributed by atoms with E-state index < -0.39 is 0 Å². The smallest absolute Gasteiger partial charge is 0.306 e. The number of unbranched alkanes of at least 4 members (excludes halogenated alkanes) is 1. The highest BCUT2D eigenvalue weighted by Gasteiger charge is 2.24. The van der Waals surface area contributed by atoms with Crippen LogP contribution in [-0.4, -0.2) is 40.5 Å². The predicted octanol–water partition coefficient (Wildman–Crippen LogP) is 7.39. The molecule has 1 aromatic carbocycles. The normalized spacial score (nSPS) is 19.9. The summed E-state index contributed by atoms with van der Waals surface area (Å²) in [6, 6.07) is 6.28.